The monoisotopic (exact) mass is 389 g/mol. The number of hydrogen-bond donors (Lipinski definition) is 1. The smallest absolute Gasteiger partial charge is 0.145 e. The highest BCUT2D eigenvalue weighted by Crippen LogP contribution is 2.31. The van der Waals surface area contributed by atoms with Crippen molar-refractivity contribution in [1.82, 2.24) is 19.5 Å². The first kappa shape index (κ1) is 18.4. The first-order valence-electron chi connectivity index (χ1n) is 8.19. The average Bonchev–Trinajstić information content (AvgIpc) is 2.86. The lowest BCUT2D eigenvalue weighted by molar-refractivity contribution is 0.796. The molecule has 0 saturated heterocycles. The molecule has 0 aliphatic rings. The number of anilines is 1. The molecule has 24 heavy (non-hydrogen) atoms. The van der Waals surface area contributed by atoms with Gasteiger partial charge in [-0.25, -0.2) is 15.0 Å². The summed E-state index contributed by atoms with van der Waals surface area (Å²) < 4.78 is 3.10. The van der Waals surface area contributed by atoms with Gasteiger partial charge < -0.3 is 10.3 Å². The largest absolute Gasteiger partial charge is 0.383 e. The minimum atomic E-state index is 0.333. The van der Waals surface area contributed by atoms with E-state index in [0.29, 0.717) is 18.3 Å². The first-order chi connectivity index (χ1) is 11.5. The molecule has 0 unspecified atom stereocenters. The van der Waals surface area contributed by atoms with Crippen molar-refractivity contribution in [3.8, 4) is 0 Å². The molecule has 0 aromatic carbocycles. The van der Waals surface area contributed by atoms with Crippen LogP contribution in [0.5, 0.6) is 0 Å². The standard InChI is InChI=1S/C16H18BrN5.C2H6/c1-9(2)14-13-12(17)8-22(16(13)21-10(3)20-14)7-11-5-4-6-19-15(11)18;1-2/h4-6,8-9H,7H2,1-3H3,(H2,18,19);1-2H3. The number of aromatic nitrogens is 4. The Labute approximate surface area is 151 Å². The fourth-order valence-electron chi connectivity index (χ4n) is 2.58. The molecule has 0 amide bonds. The Kier molecular flexibility index (Phi) is 5.94. The molecule has 2 N–H and O–H groups in total. The van der Waals surface area contributed by atoms with E-state index in [2.05, 4.69) is 49.3 Å². The normalized spacial score (nSPS) is 10.8. The van der Waals surface area contributed by atoms with Gasteiger partial charge in [0.15, 0.2) is 0 Å². The lowest BCUT2D eigenvalue weighted by Gasteiger charge is -2.10. The quantitative estimate of drug-likeness (QED) is 0.705. The second-order valence-electron chi connectivity index (χ2n) is 5.66. The van der Waals surface area contributed by atoms with Gasteiger partial charge in [0.05, 0.1) is 17.6 Å². The van der Waals surface area contributed by atoms with Crippen molar-refractivity contribution in [2.24, 2.45) is 0 Å². The number of nitrogen functional groups attached to an aromatic ring is 1. The summed E-state index contributed by atoms with van der Waals surface area (Å²) in [6.07, 6.45) is 3.74. The maximum Gasteiger partial charge on any atom is 0.145 e. The maximum atomic E-state index is 5.96. The summed E-state index contributed by atoms with van der Waals surface area (Å²) in [4.78, 5) is 13.4. The Morgan fingerprint density at radius 2 is 1.96 bits per heavy atom. The van der Waals surface area contributed by atoms with Crippen LogP contribution >= 0.6 is 15.9 Å². The lowest BCUT2D eigenvalue weighted by atomic mass is 10.1. The van der Waals surface area contributed by atoms with Crippen LogP contribution in [-0.4, -0.2) is 19.5 Å². The molecule has 6 heteroatoms. The molecule has 0 fully saturated rings. The number of fused-ring (bicyclic) bond motifs is 1. The highest BCUT2D eigenvalue weighted by Gasteiger charge is 2.17. The number of pyridine rings is 1. The van der Waals surface area contributed by atoms with Crippen LogP contribution in [0.15, 0.2) is 29.0 Å². The Hall–Kier alpha value is -1.95. The van der Waals surface area contributed by atoms with E-state index in [-0.39, 0.29) is 0 Å². The Balaban J connectivity index is 0.00000100. The zero-order valence-electron chi connectivity index (χ0n) is 14.8. The first-order valence-corrected chi connectivity index (χ1v) is 8.99. The van der Waals surface area contributed by atoms with Crippen LogP contribution in [0.2, 0.25) is 0 Å². The van der Waals surface area contributed by atoms with Crippen molar-refractivity contribution < 1.29 is 0 Å². The molecule has 0 radical (unpaired) electrons. The van der Waals surface area contributed by atoms with Crippen LogP contribution in [0.4, 0.5) is 5.82 Å². The molecule has 3 aromatic heterocycles. The fourth-order valence-corrected chi connectivity index (χ4v) is 3.21. The van der Waals surface area contributed by atoms with Gasteiger partial charge in [0, 0.05) is 22.4 Å². The molecule has 3 rings (SSSR count). The number of hydrogen-bond acceptors (Lipinski definition) is 4. The van der Waals surface area contributed by atoms with E-state index < -0.39 is 0 Å². The maximum absolute atomic E-state index is 5.96. The summed E-state index contributed by atoms with van der Waals surface area (Å²) in [7, 11) is 0. The van der Waals surface area contributed by atoms with E-state index in [1.807, 2.05) is 39.1 Å². The minimum absolute atomic E-state index is 0.333. The van der Waals surface area contributed by atoms with E-state index in [0.717, 1.165) is 32.6 Å². The second kappa shape index (κ2) is 7.75. The van der Waals surface area contributed by atoms with Gasteiger partial charge in [-0.1, -0.05) is 33.8 Å². The topological polar surface area (TPSA) is 69.6 Å². The SMILES string of the molecule is CC.Cc1nc(C(C)C)c2c(Br)cn(Cc3cccnc3N)c2n1. The Morgan fingerprint density at radius 1 is 1.25 bits per heavy atom. The summed E-state index contributed by atoms with van der Waals surface area (Å²) in [6, 6.07) is 3.88. The number of halogens is 1. The minimum Gasteiger partial charge on any atom is -0.383 e. The van der Waals surface area contributed by atoms with Crippen molar-refractivity contribution in [3.05, 3.63) is 46.1 Å². The molecular weight excluding hydrogens is 366 g/mol. The average molecular weight is 390 g/mol. The number of nitrogens with two attached hydrogens (primary N) is 1. The fraction of sp³-hybridized carbons (Fsp3) is 0.389. The summed E-state index contributed by atoms with van der Waals surface area (Å²) in [5.74, 6) is 1.66. The van der Waals surface area contributed by atoms with Crippen molar-refractivity contribution in [2.45, 2.75) is 47.1 Å². The molecule has 3 aromatic rings. The molecule has 128 valence electrons. The van der Waals surface area contributed by atoms with Crippen molar-refractivity contribution >= 4 is 32.8 Å². The zero-order valence-corrected chi connectivity index (χ0v) is 16.4. The van der Waals surface area contributed by atoms with Gasteiger partial charge in [0.1, 0.15) is 17.3 Å². The van der Waals surface area contributed by atoms with Crippen LogP contribution < -0.4 is 5.73 Å². The summed E-state index contributed by atoms with van der Waals surface area (Å²) in [5, 5.41) is 1.07. The van der Waals surface area contributed by atoms with Crippen molar-refractivity contribution in [1.29, 1.82) is 0 Å². The molecule has 0 atom stereocenters. The summed E-state index contributed by atoms with van der Waals surface area (Å²) >= 11 is 3.65. The van der Waals surface area contributed by atoms with Gasteiger partial charge in [-0.05, 0) is 34.8 Å². The predicted octanol–water partition coefficient (Wildman–Crippen LogP) is 4.68. The van der Waals surface area contributed by atoms with Crippen molar-refractivity contribution in [2.75, 3.05) is 5.73 Å². The van der Waals surface area contributed by atoms with E-state index in [9.17, 15) is 0 Å². The van der Waals surface area contributed by atoms with Gasteiger partial charge in [0.2, 0.25) is 0 Å². The summed E-state index contributed by atoms with van der Waals surface area (Å²) in [6.45, 7) is 10.8. The van der Waals surface area contributed by atoms with E-state index in [4.69, 9.17) is 5.73 Å². The highest BCUT2D eigenvalue weighted by atomic mass is 79.9. The van der Waals surface area contributed by atoms with Gasteiger partial charge in [-0.15, -0.1) is 0 Å². The van der Waals surface area contributed by atoms with Crippen LogP contribution in [0.25, 0.3) is 11.0 Å². The van der Waals surface area contributed by atoms with Gasteiger partial charge in [0.25, 0.3) is 0 Å². The zero-order chi connectivity index (χ0) is 17.9. The third-order valence-electron chi connectivity index (χ3n) is 3.62. The molecule has 3 heterocycles. The second-order valence-corrected chi connectivity index (χ2v) is 6.52. The summed E-state index contributed by atoms with van der Waals surface area (Å²) in [5.41, 5.74) is 8.92. The van der Waals surface area contributed by atoms with Crippen LogP contribution in [0.1, 0.15) is 50.7 Å². The molecule has 5 nitrogen and oxygen atoms in total. The third-order valence-corrected chi connectivity index (χ3v) is 4.22. The van der Waals surface area contributed by atoms with Gasteiger partial charge in [-0.3, -0.25) is 0 Å². The number of aryl methyl sites for hydroxylation is 1. The van der Waals surface area contributed by atoms with Crippen LogP contribution in [0.3, 0.4) is 0 Å². The van der Waals surface area contributed by atoms with Crippen molar-refractivity contribution in [3.63, 3.8) is 0 Å². The third kappa shape index (κ3) is 3.59. The van der Waals surface area contributed by atoms with E-state index in [1.54, 1.807) is 6.20 Å². The molecule has 0 aliphatic heterocycles. The number of rotatable bonds is 3. The predicted molar refractivity (Wildman–Crippen MR) is 103 cm³/mol. The Morgan fingerprint density at radius 3 is 2.58 bits per heavy atom. The highest BCUT2D eigenvalue weighted by molar-refractivity contribution is 9.10. The molecular formula is C18H24BrN5. The molecule has 0 spiro atoms. The molecule has 0 saturated carbocycles. The number of nitrogens with zero attached hydrogens (tertiary/aromatic N) is 4. The molecule has 0 aliphatic carbocycles. The van der Waals surface area contributed by atoms with Crippen LogP contribution in [-0.2, 0) is 6.54 Å². The van der Waals surface area contributed by atoms with Crippen LogP contribution in [0, 0.1) is 6.92 Å². The van der Waals surface area contributed by atoms with E-state index >= 15 is 0 Å². The Bertz CT molecular complexity index is 839. The van der Waals surface area contributed by atoms with Gasteiger partial charge in [-0.2, -0.15) is 0 Å². The lowest BCUT2D eigenvalue weighted by Crippen LogP contribution is -2.06. The van der Waals surface area contributed by atoms with E-state index in [1.165, 1.54) is 0 Å². The van der Waals surface area contributed by atoms with Gasteiger partial charge >= 0.3 is 0 Å². The molecule has 0 bridgehead atoms.